The van der Waals surface area contributed by atoms with Crippen LogP contribution in [-0.4, -0.2) is 30.9 Å². The lowest BCUT2D eigenvalue weighted by Gasteiger charge is -2.22. The van der Waals surface area contributed by atoms with E-state index < -0.39 is 0 Å². The van der Waals surface area contributed by atoms with Crippen LogP contribution in [0.5, 0.6) is 0 Å². The lowest BCUT2D eigenvalue weighted by molar-refractivity contribution is 0.0785. The Kier molecular flexibility index (Phi) is 5.74. The van der Waals surface area contributed by atoms with Crippen molar-refractivity contribution in [2.24, 2.45) is 0 Å². The summed E-state index contributed by atoms with van der Waals surface area (Å²) >= 11 is 0. The Balaban J connectivity index is 2.05. The Labute approximate surface area is 137 Å². The van der Waals surface area contributed by atoms with E-state index >= 15 is 0 Å². The molecule has 1 amide bonds. The summed E-state index contributed by atoms with van der Waals surface area (Å²) in [5, 5.41) is 0. The fourth-order valence-corrected chi connectivity index (χ4v) is 2.56. The molecule has 0 aliphatic rings. The Morgan fingerprint density at radius 2 is 1.52 bits per heavy atom. The first-order valence-electron chi connectivity index (χ1n) is 7.90. The van der Waals surface area contributed by atoms with E-state index in [0.717, 1.165) is 24.3 Å². The fourth-order valence-electron chi connectivity index (χ4n) is 2.56. The summed E-state index contributed by atoms with van der Waals surface area (Å²) in [6, 6.07) is 13.9. The zero-order valence-corrected chi connectivity index (χ0v) is 13.9. The predicted octanol–water partition coefficient (Wildman–Crippen LogP) is 3.94. The quantitative estimate of drug-likeness (QED) is 0.806. The molecule has 3 nitrogen and oxygen atoms in total. The van der Waals surface area contributed by atoms with Gasteiger partial charge in [0.15, 0.2) is 0 Å². The van der Waals surface area contributed by atoms with Crippen LogP contribution in [0.25, 0.3) is 0 Å². The second kappa shape index (κ2) is 7.77. The number of hydrogen-bond acceptors (Lipinski definition) is 2. The maximum absolute atomic E-state index is 12.9. The van der Waals surface area contributed by atoms with E-state index in [1.807, 2.05) is 24.3 Å². The standard InChI is InChI=1S/C19H23FN2O/c1-4-22(5-2)18-12-8-16(9-13-18)19(23)21(3)14-15-6-10-17(20)11-7-15/h6-13H,4-5,14H2,1-3H3. The lowest BCUT2D eigenvalue weighted by Crippen LogP contribution is -2.26. The van der Waals surface area contributed by atoms with Gasteiger partial charge in [0.1, 0.15) is 5.82 Å². The number of nitrogens with zero attached hydrogens (tertiary/aromatic N) is 2. The highest BCUT2D eigenvalue weighted by Crippen LogP contribution is 2.16. The molecule has 0 bridgehead atoms. The molecule has 0 N–H and O–H groups in total. The molecular formula is C19H23FN2O. The molecule has 4 heteroatoms. The normalized spacial score (nSPS) is 10.4. The van der Waals surface area contributed by atoms with E-state index in [-0.39, 0.29) is 11.7 Å². The molecule has 2 aromatic carbocycles. The summed E-state index contributed by atoms with van der Waals surface area (Å²) in [6.45, 7) is 6.55. The number of amides is 1. The molecular weight excluding hydrogens is 291 g/mol. The van der Waals surface area contributed by atoms with Gasteiger partial charge >= 0.3 is 0 Å². The zero-order chi connectivity index (χ0) is 16.8. The van der Waals surface area contributed by atoms with Crippen molar-refractivity contribution in [1.29, 1.82) is 0 Å². The number of anilines is 1. The molecule has 0 fully saturated rings. The van der Waals surface area contributed by atoms with Gasteiger partial charge in [-0.15, -0.1) is 0 Å². The Bertz CT molecular complexity index is 633. The van der Waals surface area contributed by atoms with Crippen LogP contribution in [0.2, 0.25) is 0 Å². The summed E-state index contributed by atoms with van der Waals surface area (Å²) in [4.78, 5) is 16.3. The van der Waals surface area contributed by atoms with Crippen LogP contribution in [0.3, 0.4) is 0 Å². The highest BCUT2D eigenvalue weighted by molar-refractivity contribution is 5.94. The van der Waals surface area contributed by atoms with Gasteiger partial charge in [0.2, 0.25) is 0 Å². The topological polar surface area (TPSA) is 23.6 Å². The molecule has 0 atom stereocenters. The van der Waals surface area contributed by atoms with Gasteiger partial charge in [0, 0.05) is 37.9 Å². The first-order valence-corrected chi connectivity index (χ1v) is 7.90. The zero-order valence-electron chi connectivity index (χ0n) is 13.9. The third-order valence-electron chi connectivity index (χ3n) is 3.92. The van der Waals surface area contributed by atoms with E-state index in [1.165, 1.54) is 12.1 Å². The number of halogens is 1. The first-order chi connectivity index (χ1) is 11.0. The highest BCUT2D eigenvalue weighted by Gasteiger charge is 2.12. The lowest BCUT2D eigenvalue weighted by atomic mass is 10.1. The molecule has 2 rings (SSSR count). The van der Waals surface area contributed by atoms with Crippen LogP contribution in [0, 0.1) is 5.82 Å². The molecule has 0 saturated carbocycles. The molecule has 0 aliphatic heterocycles. The number of benzene rings is 2. The maximum Gasteiger partial charge on any atom is 0.253 e. The highest BCUT2D eigenvalue weighted by atomic mass is 19.1. The molecule has 0 aliphatic carbocycles. The van der Waals surface area contributed by atoms with Crippen LogP contribution in [0.15, 0.2) is 48.5 Å². The average Bonchev–Trinajstić information content (AvgIpc) is 2.58. The molecule has 0 aromatic heterocycles. The summed E-state index contributed by atoms with van der Waals surface area (Å²) in [5.74, 6) is -0.310. The Hall–Kier alpha value is -2.36. The maximum atomic E-state index is 12.9. The van der Waals surface area contributed by atoms with Crippen molar-refractivity contribution >= 4 is 11.6 Å². The Morgan fingerprint density at radius 3 is 2.04 bits per heavy atom. The van der Waals surface area contributed by atoms with E-state index in [1.54, 1.807) is 24.1 Å². The molecule has 0 radical (unpaired) electrons. The third kappa shape index (κ3) is 4.31. The van der Waals surface area contributed by atoms with Gasteiger partial charge in [-0.1, -0.05) is 12.1 Å². The molecule has 0 heterocycles. The number of rotatable bonds is 6. The second-order valence-electron chi connectivity index (χ2n) is 5.51. The van der Waals surface area contributed by atoms with Crippen molar-refractivity contribution in [3.63, 3.8) is 0 Å². The monoisotopic (exact) mass is 314 g/mol. The summed E-state index contributed by atoms with van der Waals surface area (Å²) in [6.07, 6.45) is 0. The van der Waals surface area contributed by atoms with Gasteiger partial charge in [-0.25, -0.2) is 4.39 Å². The minimum absolute atomic E-state index is 0.0413. The summed E-state index contributed by atoms with van der Waals surface area (Å²) < 4.78 is 12.9. The minimum Gasteiger partial charge on any atom is -0.372 e. The third-order valence-corrected chi connectivity index (χ3v) is 3.92. The van der Waals surface area contributed by atoms with Gasteiger partial charge in [-0.05, 0) is 55.8 Å². The van der Waals surface area contributed by atoms with Gasteiger partial charge < -0.3 is 9.80 Å². The van der Waals surface area contributed by atoms with Gasteiger partial charge in [0.05, 0.1) is 0 Å². The molecule has 2 aromatic rings. The molecule has 0 spiro atoms. The fraction of sp³-hybridized carbons (Fsp3) is 0.316. The minimum atomic E-state index is -0.269. The largest absolute Gasteiger partial charge is 0.372 e. The molecule has 0 saturated heterocycles. The van der Waals surface area contributed by atoms with Crippen molar-refractivity contribution in [1.82, 2.24) is 4.90 Å². The summed E-state index contributed by atoms with van der Waals surface area (Å²) in [7, 11) is 1.75. The molecule has 0 unspecified atom stereocenters. The van der Waals surface area contributed by atoms with Crippen molar-refractivity contribution in [2.45, 2.75) is 20.4 Å². The van der Waals surface area contributed by atoms with E-state index in [9.17, 15) is 9.18 Å². The predicted molar refractivity (Wildman–Crippen MR) is 92.2 cm³/mol. The van der Waals surface area contributed by atoms with Gasteiger partial charge in [0.25, 0.3) is 5.91 Å². The van der Waals surface area contributed by atoms with Crippen molar-refractivity contribution in [3.8, 4) is 0 Å². The summed E-state index contributed by atoms with van der Waals surface area (Å²) in [5.41, 5.74) is 2.68. The number of carbonyl (C=O) groups is 1. The smallest absolute Gasteiger partial charge is 0.253 e. The van der Waals surface area contributed by atoms with Crippen molar-refractivity contribution in [3.05, 3.63) is 65.5 Å². The van der Waals surface area contributed by atoms with Crippen molar-refractivity contribution < 1.29 is 9.18 Å². The average molecular weight is 314 g/mol. The number of carbonyl (C=O) groups excluding carboxylic acids is 1. The molecule has 122 valence electrons. The van der Waals surface area contributed by atoms with Gasteiger partial charge in [-0.2, -0.15) is 0 Å². The van der Waals surface area contributed by atoms with Crippen molar-refractivity contribution in [2.75, 3.05) is 25.0 Å². The van der Waals surface area contributed by atoms with Gasteiger partial charge in [-0.3, -0.25) is 4.79 Å². The van der Waals surface area contributed by atoms with Crippen LogP contribution in [0.4, 0.5) is 10.1 Å². The van der Waals surface area contributed by atoms with Crippen LogP contribution in [0.1, 0.15) is 29.8 Å². The van der Waals surface area contributed by atoms with E-state index in [4.69, 9.17) is 0 Å². The van der Waals surface area contributed by atoms with Crippen LogP contribution < -0.4 is 4.90 Å². The van der Waals surface area contributed by atoms with Crippen LogP contribution >= 0.6 is 0 Å². The SMILES string of the molecule is CCN(CC)c1ccc(C(=O)N(C)Cc2ccc(F)cc2)cc1. The van der Waals surface area contributed by atoms with E-state index in [0.29, 0.717) is 12.1 Å². The first kappa shape index (κ1) is 17.0. The van der Waals surface area contributed by atoms with E-state index in [2.05, 4.69) is 18.7 Å². The number of hydrogen-bond donors (Lipinski definition) is 0. The molecule has 23 heavy (non-hydrogen) atoms. The Morgan fingerprint density at radius 1 is 0.957 bits per heavy atom. The second-order valence-corrected chi connectivity index (χ2v) is 5.51. The van der Waals surface area contributed by atoms with Crippen LogP contribution in [-0.2, 0) is 6.54 Å².